The van der Waals surface area contributed by atoms with Gasteiger partial charge >= 0.3 is 18.0 Å². The van der Waals surface area contributed by atoms with Crippen molar-refractivity contribution in [2.45, 2.75) is 58.4 Å². The Hall–Kier alpha value is -5.62. The van der Waals surface area contributed by atoms with Crippen molar-refractivity contribution in [3.05, 3.63) is 104 Å². The van der Waals surface area contributed by atoms with E-state index < -0.39 is 23.6 Å². The van der Waals surface area contributed by atoms with Gasteiger partial charge < -0.3 is 29.4 Å². The molecule has 2 aromatic heterocycles. The number of nitrogens with one attached hydrogen (secondary N) is 1. The summed E-state index contributed by atoms with van der Waals surface area (Å²) in [4.78, 5) is 62.9. The molecule has 49 heavy (non-hydrogen) atoms. The highest BCUT2D eigenvalue weighted by molar-refractivity contribution is 6.03. The summed E-state index contributed by atoms with van der Waals surface area (Å²) in [7, 11) is 1.60. The topological polar surface area (TPSA) is 152 Å². The van der Waals surface area contributed by atoms with E-state index in [1.807, 2.05) is 36.4 Å². The fourth-order valence-corrected chi connectivity index (χ4v) is 6.86. The largest absolute Gasteiger partial charge is 0.463 e. The molecule has 0 saturated heterocycles. The van der Waals surface area contributed by atoms with E-state index in [2.05, 4.69) is 5.32 Å². The fraction of sp³-hybridized carbons (Fsp3) is 0.297. The number of urea groups is 1. The third-order valence-electron chi connectivity index (χ3n) is 9.72. The molecule has 0 aliphatic carbocycles. The first-order chi connectivity index (χ1) is 23.5. The molecule has 0 radical (unpaired) electrons. The van der Waals surface area contributed by atoms with Crippen molar-refractivity contribution in [3.8, 4) is 11.4 Å². The van der Waals surface area contributed by atoms with Crippen LogP contribution in [0, 0.1) is 0 Å². The van der Waals surface area contributed by atoms with Crippen LogP contribution in [0.5, 0.6) is 0 Å². The van der Waals surface area contributed by atoms with Crippen molar-refractivity contribution in [1.82, 2.24) is 19.8 Å². The third-order valence-corrected chi connectivity index (χ3v) is 9.72. The van der Waals surface area contributed by atoms with Crippen LogP contribution >= 0.6 is 0 Å². The minimum absolute atomic E-state index is 0.205. The van der Waals surface area contributed by atoms with Crippen molar-refractivity contribution in [1.29, 1.82) is 0 Å². The SMILES string of the molecule is CCOC(=O)C1=C(C)N(C)C(=O)NC1c1ccc(N=Cc2c3c(nc4ccccc24)-c2cc4c(c(=O)n2C3)COC(=O)CC4(O)CC)cc1. The van der Waals surface area contributed by atoms with Gasteiger partial charge in [0.25, 0.3) is 5.56 Å². The van der Waals surface area contributed by atoms with Gasteiger partial charge in [-0.15, -0.1) is 0 Å². The number of esters is 2. The number of benzene rings is 2. The number of fused-ring (bicyclic) bond motifs is 5. The van der Waals surface area contributed by atoms with Gasteiger partial charge in [0.05, 0.1) is 59.3 Å². The summed E-state index contributed by atoms with van der Waals surface area (Å²) in [6.07, 6.45) is 1.75. The van der Waals surface area contributed by atoms with E-state index in [-0.39, 0.29) is 49.8 Å². The Morgan fingerprint density at radius 2 is 1.90 bits per heavy atom. The van der Waals surface area contributed by atoms with E-state index in [1.54, 1.807) is 56.8 Å². The number of aliphatic hydroxyl groups is 1. The van der Waals surface area contributed by atoms with Gasteiger partial charge in [0.2, 0.25) is 0 Å². The zero-order valence-electron chi connectivity index (χ0n) is 27.6. The summed E-state index contributed by atoms with van der Waals surface area (Å²) < 4.78 is 12.2. The minimum Gasteiger partial charge on any atom is -0.463 e. The van der Waals surface area contributed by atoms with Gasteiger partial charge in [0.1, 0.15) is 12.2 Å². The summed E-state index contributed by atoms with van der Waals surface area (Å²) in [5.41, 5.74) is 4.50. The predicted octanol–water partition coefficient (Wildman–Crippen LogP) is 4.75. The summed E-state index contributed by atoms with van der Waals surface area (Å²) in [6.45, 7) is 5.46. The molecule has 0 fully saturated rings. The number of ether oxygens (including phenoxy) is 2. The first-order valence-electron chi connectivity index (χ1n) is 16.2. The van der Waals surface area contributed by atoms with E-state index in [4.69, 9.17) is 19.5 Å². The maximum Gasteiger partial charge on any atom is 0.338 e. The Morgan fingerprint density at radius 3 is 2.63 bits per heavy atom. The lowest BCUT2D eigenvalue weighted by molar-refractivity contribution is -0.149. The van der Waals surface area contributed by atoms with Gasteiger partial charge in [0, 0.05) is 35.5 Å². The maximum atomic E-state index is 13.9. The second-order valence-corrected chi connectivity index (χ2v) is 12.4. The smallest absolute Gasteiger partial charge is 0.338 e. The van der Waals surface area contributed by atoms with Gasteiger partial charge in [-0.25, -0.2) is 14.6 Å². The molecule has 2 unspecified atom stereocenters. The van der Waals surface area contributed by atoms with Crippen LogP contribution in [0.3, 0.4) is 0 Å². The van der Waals surface area contributed by atoms with Crippen LogP contribution in [-0.2, 0) is 37.8 Å². The Kier molecular flexibility index (Phi) is 7.90. The molecule has 3 aliphatic rings. The molecule has 12 heteroatoms. The predicted molar refractivity (Wildman–Crippen MR) is 181 cm³/mol. The molecule has 7 rings (SSSR count). The van der Waals surface area contributed by atoms with Crippen molar-refractivity contribution in [2.75, 3.05) is 13.7 Å². The second kappa shape index (κ2) is 12.1. The lowest BCUT2D eigenvalue weighted by Gasteiger charge is -2.33. The fourth-order valence-electron chi connectivity index (χ4n) is 6.86. The molecule has 5 heterocycles. The number of aliphatic imine (C=N–C) groups is 1. The number of para-hydroxylation sites is 1. The quantitative estimate of drug-likeness (QED) is 0.195. The Balaban J connectivity index is 1.28. The van der Waals surface area contributed by atoms with Crippen LogP contribution in [0.15, 0.2) is 75.7 Å². The number of carbonyl (C=O) groups excluding carboxylic acids is 3. The number of allylic oxidation sites excluding steroid dienone is 1. The zero-order chi connectivity index (χ0) is 34.6. The van der Waals surface area contributed by atoms with E-state index in [9.17, 15) is 24.3 Å². The van der Waals surface area contributed by atoms with E-state index in [1.165, 1.54) is 4.90 Å². The summed E-state index contributed by atoms with van der Waals surface area (Å²) >= 11 is 0. The lowest BCUT2D eigenvalue weighted by atomic mass is 9.85. The van der Waals surface area contributed by atoms with Gasteiger partial charge in [-0.2, -0.15) is 0 Å². The van der Waals surface area contributed by atoms with Crippen LogP contribution in [0.1, 0.15) is 67.5 Å². The molecule has 4 aromatic rings. The van der Waals surface area contributed by atoms with Crippen LogP contribution < -0.4 is 10.9 Å². The number of pyridine rings is 2. The third kappa shape index (κ3) is 5.28. The molecule has 2 atom stereocenters. The first-order valence-corrected chi connectivity index (χ1v) is 16.2. The summed E-state index contributed by atoms with van der Waals surface area (Å²) in [5.74, 6) is -1.04. The summed E-state index contributed by atoms with van der Waals surface area (Å²) in [6, 6.07) is 15.7. The Bertz CT molecular complexity index is 2190. The average molecular weight is 662 g/mol. The van der Waals surface area contributed by atoms with E-state index in [0.717, 1.165) is 16.5 Å². The van der Waals surface area contributed by atoms with Gasteiger partial charge in [-0.1, -0.05) is 37.3 Å². The number of aromatic nitrogens is 2. The van der Waals surface area contributed by atoms with Crippen LogP contribution in [-0.4, -0.2) is 57.4 Å². The molecule has 12 nitrogen and oxygen atoms in total. The minimum atomic E-state index is -1.53. The lowest BCUT2D eigenvalue weighted by Crippen LogP contribution is -2.46. The van der Waals surface area contributed by atoms with E-state index >= 15 is 0 Å². The number of hydrogen-bond acceptors (Lipinski definition) is 9. The van der Waals surface area contributed by atoms with Gasteiger partial charge in [-0.3, -0.25) is 14.6 Å². The number of nitrogens with zero attached hydrogens (tertiary/aromatic N) is 4. The summed E-state index contributed by atoms with van der Waals surface area (Å²) in [5, 5.41) is 15.2. The molecule has 0 saturated carbocycles. The zero-order valence-corrected chi connectivity index (χ0v) is 27.6. The standard InChI is InChI=1S/C37H35N5O7/c1-5-37(47)16-30(43)49-19-26-27(37)15-29-33-25(18-42(29)34(26)44)24(23-9-7-8-10-28(23)39-33)17-38-22-13-11-21(12-14-22)32-31(35(45)48-6-2)20(3)41(4)36(46)40-32/h7-15,17,32,47H,5-6,16,18-19H2,1-4H3,(H,40,46). The van der Waals surface area contributed by atoms with Crippen molar-refractivity contribution in [2.24, 2.45) is 4.99 Å². The number of carbonyl (C=O) groups is 3. The van der Waals surface area contributed by atoms with Crippen LogP contribution in [0.25, 0.3) is 22.3 Å². The highest BCUT2D eigenvalue weighted by Crippen LogP contribution is 2.40. The molecular formula is C37H35N5O7. The normalized spacial score (nSPS) is 20.1. The molecule has 250 valence electrons. The molecule has 0 spiro atoms. The molecule has 0 bridgehead atoms. The first kappa shape index (κ1) is 32.0. The van der Waals surface area contributed by atoms with Gasteiger partial charge in [0.15, 0.2) is 0 Å². The highest BCUT2D eigenvalue weighted by atomic mass is 16.5. The second-order valence-electron chi connectivity index (χ2n) is 12.4. The number of cyclic esters (lactones) is 1. The Morgan fingerprint density at radius 1 is 1.14 bits per heavy atom. The Labute approximate surface area is 281 Å². The molecular weight excluding hydrogens is 626 g/mol. The number of hydrogen-bond donors (Lipinski definition) is 2. The van der Waals surface area contributed by atoms with Crippen molar-refractivity contribution in [3.63, 3.8) is 0 Å². The maximum absolute atomic E-state index is 13.9. The van der Waals surface area contributed by atoms with Crippen LogP contribution in [0.2, 0.25) is 0 Å². The highest BCUT2D eigenvalue weighted by Gasteiger charge is 2.40. The number of rotatable bonds is 6. The molecule has 2 aromatic carbocycles. The average Bonchev–Trinajstić information content (AvgIpc) is 3.40. The number of amides is 2. The molecule has 2 N–H and O–H groups in total. The van der Waals surface area contributed by atoms with E-state index in [0.29, 0.717) is 45.0 Å². The van der Waals surface area contributed by atoms with Gasteiger partial charge in [-0.05, 0) is 55.7 Å². The van der Waals surface area contributed by atoms with Crippen molar-refractivity contribution >= 4 is 40.8 Å². The van der Waals surface area contributed by atoms with Crippen molar-refractivity contribution < 1.29 is 29.0 Å². The molecule has 2 amide bonds. The van der Waals surface area contributed by atoms with Crippen LogP contribution in [0.4, 0.5) is 10.5 Å². The monoisotopic (exact) mass is 661 g/mol. The molecule has 3 aliphatic heterocycles.